The fraction of sp³-hybridized carbons (Fsp3) is 0.500. The van der Waals surface area contributed by atoms with Crippen LogP contribution in [0.1, 0.15) is 43.0 Å². The highest BCUT2D eigenvalue weighted by molar-refractivity contribution is 8.00. The standard InChI is InChI=1S/C16H18ClN3S/c1-11(17)15-19-13-5-4-12(9-18)8-14(13)20(15)10-16(21-2)6-3-7-16/h4-5,8,11H,3,6-7,10H2,1-2H3. The molecule has 3 nitrogen and oxygen atoms in total. The molecule has 1 fully saturated rings. The van der Waals surface area contributed by atoms with Crippen molar-refractivity contribution in [3.8, 4) is 6.07 Å². The first-order valence-electron chi connectivity index (χ1n) is 7.18. The van der Waals surface area contributed by atoms with E-state index >= 15 is 0 Å². The maximum Gasteiger partial charge on any atom is 0.127 e. The van der Waals surface area contributed by atoms with Crippen LogP contribution in [0.3, 0.4) is 0 Å². The predicted octanol–water partition coefficient (Wildman–Crippen LogP) is 4.49. The average molecular weight is 320 g/mol. The molecule has 0 amide bonds. The SMILES string of the molecule is CSC1(Cn2c(C(C)Cl)nc3ccc(C#N)cc32)CCC1. The first kappa shape index (κ1) is 14.7. The van der Waals surface area contributed by atoms with Gasteiger partial charge >= 0.3 is 0 Å². The predicted molar refractivity (Wildman–Crippen MR) is 88.8 cm³/mol. The largest absolute Gasteiger partial charge is 0.325 e. The highest BCUT2D eigenvalue weighted by Crippen LogP contribution is 2.45. The number of rotatable bonds is 4. The Morgan fingerprint density at radius 3 is 2.81 bits per heavy atom. The quantitative estimate of drug-likeness (QED) is 0.779. The lowest BCUT2D eigenvalue weighted by atomic mass is 9.84. The summed E-state index contributed by atoms with van der Waals surface area (Å²) in [4.78, 5) is 4.68. The highest BCUT2D eigenvalue weighted by atomic mass is 35.5. The lowest BCUT2D eigenvalue weighted by molar-refractivity contribution is 0.321. The summed E-state index contributed by atoms with van der Waals surface area (Å²) in [5.74, 6) is 0.905. The van der Waals surface area contributed by atoms with Crippen LogP contribution in [0.5, 0.6) is 0 Å². The van der Waals surface area contributed by atoms with Crippen molar-refractivity contribution < 1.29 is 0 Å². The number of benzene rings is 1. The summed E-state index contributed by atoms with van der Waals surface area (Å²) in [5, 5.41) is 8.99. The van der Waals surface area contributed by atoms with Crippen molar-refractivity contribution in [1.82, 2.24) is 9.55 Å². The van der Waals surface area contributed by atoms with E-state index in [4.69, 9.17) is 16.9 Å². The third-order valence-electron chi connectivity index (χ3n) is 4.41. The minimum absolute atomic E-state index is 0.137. The van der Waals surface area contributed by atoms with Crippen molar-refractivity contribution in [2.75, 3.05) is 6.26 Å². The number of alkyl halides is 1. The van der Waals surface area contributed by atoms with Gasteiger partial charge in [-0.05, 0) is 44.2 Å². The van der Waals surface area contributed by atoms with Crippen LogP contribution in [0.4, 0.5) is 0 Å². The molecule has 0 aliphatic heterocycles. The van der Waals surface area contributed by atoms with E-state index in [1.807, 2.05) is 36.9 Å². The number of imidazole rings is 1. The summed E-state index contributed by atoms with van der Waals surface area (Å²) in [7, 11) is 0. The number of aromatic nitrogens is 2. The third-order valence-corrected chi connectivity index (χ3v) is 6.01. The molecule has 0 radical (unpaired) electrons. The van der Waals surface area contributed by atoms with Gasteiger partial charge in [-0.15, -0.1) is 11.6 Å². The maximum absolute atomic E-state index is 9.13. The normalized spacial score (nSPS) is 18.2. The summed E-state index contributed by atoms with van der Waals surface area (Å²) >= 11 is 8.27. The lowest BCUT2D eigenvalue weighted by Gasteiger charge is -2.41. The van der Waals surface area contributed by atoms with Crippen LogP contribution in [0.2, 0.25) is 0 Å². The number of nitrogens with zero attached hydrogens (tertiary/aromatic N) is 3. The summed E-state index contributed by atoms with van der Waals surface area (Å²) in [6, 6.07) is 7.87. The van der Waals surface area contributed by atoms with Crippen molar-refractivity contribution in [3.05, 3.63) is 29.6 Å². The molecule has 1 aromatic carbocycles. The van der Waals surface area contributed by atoms with E-state index in [1.54, 1.807) is 0 Å². The second-order valence-corrected chi connectivity index (χ2v) is 7.66. The van der Waals surface area contributed by atoms with Gasteiger partial charge in [0, 0.05) is 11.3 Å². The zero-order chi connectivity index (χ0) is 15.0. The highest BCUT2D eigenvalue weighted by Gasteiger charge is 2.37. The Morgan fingerprint density at radius 2 is 2.29 bits per heavy atom. The smallest absolute Gasteiger partial charge is 0.127 e. The van der Waals surface area contributed by atoms with E-state index < -0.39 is 0 Å². The molecular weight excluding hydrogens is 302 g/mol. The number of halogens is 1. The molecule has 1 unspecified atom stereocenters. The minimum atomic E-state index is -0.137. The monoisotopic (exact) mass is 319 g/mol. The molecule has 2 aromatic rings. The first-order valence-corrected chi connectivity index (χ1v) is 8.84. The lowest BCUT2D eigenvalue weighted by Crippen LogP contribution is -2.38. The van der Waals surface area contributed by atoms with E-state index in [9.17, 15) is 0 Å². The van der Waals surface area contributed by atoms with Crippen LogP contribution in [0, 0.1) is 11.3 Å². The van der Waals surface area contributed by atoms with E-state index in [0.717, 1.165) is 23.4 Å². The summed E-state index contributed by atoms with van der Waals surface area (Å²) in [5.41, 5.74) is 2.62. The van der Waals surface area contributed by atoms with E-state index in [0.29, 0.717) is 10.3 Å². The Balaban J connectivity index is 2.13. The van der Waals surface area contributed by atoms with Crippen LogP contribution >= 0.6 is 23.4 Å². The van der Waals surface area contributed by atoms with Crippen LogP contribution in [0.25, 0.3) is 11.0 Å². The molecule has 5 heteroatoms. The van der Waals surface area contributed by atoms with Crippen molar-refractivity contribution in [2.45, 2.75) is 42.9 Å². The summed E-state index contributed by atoms with van der Waals surface area (Å²) in [6.07, 6.45) is 5.95. The van der Waals surface area contributed by atoms with Gasteiger partial charge in [0.05, 0.1) is 28.0 Å². The second kappa shape index (κ2) is 5.55. The molecule has 0 N–H and O–H groups in total. The van der Waals surface area contributed by atoms with Gasteiger partial charge in [-0.3, -0.25) is 0 Å². The van der Waals surface area contributed by atoms with Crippen LogP contribution < -0.4 is 0 Å². The van der Waals surface area contributed by atoms with Crippen molar-refractivity contribution >= 4 is 34.4 Å². The number of fused-ring (bicyclic) bond motifs is 1. The average Bonchev–Trinajstić information content (AvgIpc) is 2.80. The van der Waals surface area contributed by atoms with E-state index in [1.165, 1.54) is 19.3 Å². The van der Waals surface area contributed by atoms with Gasteiger partial charge in [0.1, 0.15) is 5.82 Å². The molecule has 0 spiro atoms. The van der Waals surface area contributed by atoms with Crippen LogP contribution in [-0.4, -0.2) is 20.6 Å². The third kappa shape index (κ3) is 2.54. The molecule has 1 atom stereocenters. The van der Waals surface area contributed by atoms with Gasteiger partial charge < -0.3 is 4.57 Å². The van der Waals surface area contributed by atoms with Gasteiger partial charge in [0.25, 0.3) is 0 Å². The molecule has 1 aliphatic rings. The summed E-state index contributed by atoms with van der Waals surface area (Å²) < 4.78 is 2.53. The molecule has 110 valence electrons. The van der Waals surface area contributed by atoms with Crippen molar-refractivity contribution in [1.29, 1.82) is 5.26 Å². The van der Waals surface area contributed by atoms with E-state index in [-0.39, 0.29) is 5.38 Å². The van der Waals surface area contributed by atoms with Gasteiger partial charge in [0.2, 0.25) is 0 Å². The topological polar surface area (TPSA) is 41.6 Å². The van der Waals surface area contributed by atoms with Crippen LogP contribution in [0.15, 0.2) is 18.2 Å². The molecule has 1 aromatic heterocycles. The van der Waals surface area contributed by atoms with Crippen molar-refractivity contribution in [2.24, 2.45) is 0 Å². The first-order chi connectivity index (χ1) is 10.1. The maximum atomic E-state index is 9.13. The molecule has 0 saturated heterocycles. The minimum Gasteiger partial charge on any atom is -0.325 e. The number of hydrogen-bond acceptors (Lipinski definition) is 3. The Morgan fingerprint density at radius 1 is 1.52 bits per heavy atom. The number of nitriles is 1. The fourth-order valence-electron chi connectivity index (χ4n) is 2.97. The Bertz CT molecular complexity index is 705. The van der Waals surface area contributed by atoms with Gasteiger partial charge in [-0.1, -0.05) is 6.42 Å². The van der Waals surface area contributed by atoms with E-state index in [2.05, 4.69) is 21.9 Å². The zero-order valence-corrected chi connectivity index (χ0v) is 13.8. The number of thioether (sulfide) groups is 1. The molecule has 1 heterocycles. The number of hydrogen-bond donors (Lipinski definition) is 0. The molecular formula is C16H18ClN3S. The fourth-order valence-corrected chi connectivity index (χ4v) is 4.09. The Kier molecular flexibility index (Phi) is 3.90. The molecule has 21 heavy (non-hydrogen) atoms. The zero-order valence-electron chi connectivity index (χ0n) is 12.3. The van der Waals surface area contributed by atoms with Gasteiger partial charge in [-0.25, -0.2) is 4.98 Å². The second-order valence-electron chi connectivity index (χ2n) is 5.73. The van der Waals surface area contributed by atoms with Gasteiger partial charge in [0.15, 0.2) is 0 Å². The Hall–Kier alpha value is -1.18. The molecule has 0 bridgehead atoms. The summed E-state index contributed by atoms with van der Waals surface area (Å²) in [6.45, 7) is 2.88. The Labute approximate surface area is 134 Å². The molecule has 1 saturated carbocycles. The van der Waals surface area contributed by atoms with Gasteiger partial charge in [-0.2, -0.15) is 17.0 Å². The van der Waals surface area contributed by atoms with Crippen molar-refractivity contribution in [3.63, 3.8) is 0 Å². The molecule has 1 aliphatic carbocycles. The molecule has 3 rings (SSSR count). The van der Waals surface area contributed by atoms with Crippen LogP contribution in [-0.2, 0) is 6.54 Å².